The molecule has 3 rings (SSSR count). The Morgan fingerprint density at radius 1 is 0.939 bits per heavy atom. The summed E-state index contributed by atoms with van der Waals surface area (Å²) in [6, 6.07) is 7.32. The number of likely N-dealkylation sites (tertiary alicyclic amines) is 1. The number of halogens is 1. The number of esters is 1. The predicted molar refractivity (Wildman–Crippen MR) is 195 cm³/mol. The molecule has 0 bridgehead atoms. The Hall–Kier alpha value is -3.06. The Morgan fingerprint density at radius 2 is 1.61 bits per heavy atom. The SMILES string of the molecule is [Br-].[C-]#[N+]c1ccc(C)c(NC(=O)C2CCCN2CCCCCCCC[N+](CC)(CCC)CC(=O)Cc2c(C)ccc(C(=O)OC)c2C)c1C. The third-order valence-electron chi connectivity index (χ3n) is 10.5. The maximum Gasteiger partial charge on any atom is 0.338 e. The van der Waals surface area contributed by atoms with Gasteiger partial charge in [-0.25, -0.2) is 9.64 Å². The van der Waals surface area contributed by atoms with E-state index >= 15 is 0 Å². The molecule has 0 radical (unpaired) electrons. The van der Waals surface area contributed by atoms with Gasteiger partial charge in [0.15, 0.2) is 11.5 Å². The molecule has 1 amide bonds. The Kier molecular flexibility index (Phi) is 17.7. The number of likely N-dealkylation sites (N-methyl/N-ethyl adjacent to an activating group) is 1. The van der Waals surface area contributed by atoms with Crippen LogP contribution in [-0.2, 0) is 20.7 Å². The van der Waals surface area contributed by atoms with Crippen molar-refractivity contribution in [3.63, 3.8) is 0 Å². The number of benzene rings is 2. The number of hydrogen-bond acceptors (Lipinski definition) is 5. The van der Waals surface area contributed by atoms with Gasteiger partial charge in [0.1, 0.15) is 6.54 Å². The van der Waals surface area contributed by atoms with Crippen molar-refractivity contribution in [2.45, 2.75) is 112 Å². The molecule has 2 aromatic rings. The average Bonchev–Trinajstić information content (AvgIpc) is 3.54. The van der Waals surface area contributed by atoms with Crippen molar-refractivity contribution in [3.8, 4) is 0 Å². The number of ether oxygens (including phenoxy) is 1. The molecule has 1 aliphatic heterocycles. The summed E-state index contributed by atoms with van der Waals surface area (Å²) >= 11 is 0. The summed E-state index contributed by atoms with van der Waals surface area (Å²) < 4.78 is 5.77. The topological polar surface area (TPSA) is 80.1 Å². The number of hydrogen-bond donors (Lipinski definition) is 1. The van der Waals surface area contributed by atoms with E-state index in [-0.39, 0.29) is 40.7 Å². The molecule has 0 spiro atoms. The lowest BCUT2D eigenvalue weighted by Crippen LogP contribution is -3.00. The molecule has 1 saturated heterocycles. The van der Waals surface area contributed by atoms with Crippen molar-refractivity contribution in [1.82, 2.24) is 4.90 Å². The molecule has 270 valence electrons. The number of quaternary nitrogens is 1. The first kappa shape index (κ1) is 42.1. The molecule has 2 aromatic carbocycles. The molecule has 0 aliphatic carbocycles. The predicted octanol–water partition coefficient (Wildman–Crippen LogP) is 5.06. The Labute approximate surface area is 306 Å². The van der Waals surface area contributed by atoms with Crippen molar-refractivity contribution in [3.05, 3.63) is 69.1 Å². The number of carbonyl (C=O) groups is 3. The fourth-order valence-electron chi connectivity index (χ4n) is 7.51. The Balaban J connectivity index is 0.00000833. The largest absolute Gasteiger partial charge is 1.00 e. The zero-order valence-corrected chi connectivity index (χ0v) is 32.6. The normalized spacial score (nSPS) is 15.6. The number of amides is 1. The molecule has 2 unspecified atom stereocenters. The molecule has 1 aliphatic rings. The van der Waals surface area contributed by atoms with Gasteiger partial charge >= 0.3 is 5.97 Å². The van der Waals surface area contributed by atoms with E-state index in [0.29, 0.717) is 24.2 Å². The van der Waals surface area contributed by atoms with Crippen molar-refractivity contribution in [1.29, 1.82) is 0 Å². The number of rotatable bonds is 19. The molecule has 2 atom stereocenters. The number of methoxy groups -OCH3 is 1. The van der Waals surface area contributed by atoms with Crippen molar-refractivity contribution in [2.24, 2.45) is 0 Å². The van der Waals surface area contributed by atoms with E-state index in [1.54, 1.807) is 6.07 Å². The molecule has 1 heterocycles. The van der Waals surface area contributed by atoms with Gasteiger partial charge < -0.3 is 31.5 Å². The second-order valence-electron chi connectivity index (χ2n) is 13.8. The molecule has 1 N–H and O–H groups in total. The summed E-state index contributed by atoms with van der Waals surface area (Å²) in [5, 5.41) is 3.15. The zero-order valence-electron chi connectivity index (χ0n) is 31.1. The van der Waals surface area contributed by atoms with Gasteiger partial charge in [-0.05, 0) is 120 Å². The van der Waals surface area contributed by atoms with Crippen molar-refractivity contribution >= 4 is 29.0 Å². The minimum atomic E-state index is -0.361. The Bertz CT molecular complexity index is 1470. The highest BCUT2D eigenvalue weighted by atomic mass is 79.9. The smallest absolute Gasteiger partial charge is 0.338 e. The molecule has 0 saturated carbocycles. The minimum Gasteiger partial charge on any atom is -1.00 e. The third-order valence-corrected chi connectivity index (χ3v) is 10.5. The number of carbonyl (C=O) groups excluding carboxylic acids is 3. The standard InChI is InChI=1S/C40H58N4O4.BrH/c1-9-25-44(10-2,28-33(45)27-35-29(3)19-21-34(31(35)5)40(47)48-8)26-16-14-12-11-13-15-23-43-24-17-18-37(43)39(46)42-38-30(4)20-22-36(41-7)32(38)6;/h19-22,37H,9-18,23-28H2,1-6,8H3;1H. The fourth-order valence-corrected chi connectivity index (χ4v) is 7.51. The lowest BCUT2D eigenvalue weighted by molar-refractivity contribution is -0.919. The highest BCUT2D eigenvalue weighted by molar-refractivity contribution is 5.97. The van der Waals surface area contributed by atoms with Crippen LogP contribution in [0.15, 0.2) is 24.3 Å². The molecule has 0 aromatic heterocycles. The maximum absolute atomic E-state index is 13.5. The monoisotopic (exact) mass is 738 g/mol. The van der Waals surface area contributed by atoms with Crippen LogP contribution >= 0.6 is 0 Å². The molecule has 8 nitrogen and oxygen atoms in total. The third kappa shape index (κ3) is 11.5. The van der Waals surface area contributed by atoms with E-state index in [4.69, 9.17) is 11.3 Å². The van der Waals surface area contributed by atoms with Gasteiger partial charge in [-0.1, -0.05) is 44.4 Å². The van der Waals surface area contributed by atoms with E-state index in [1.807, 2.05) is 45.9 Å². The van der Waals surface area contributed by atoms with E-state index < -0.39 is 0 Å². The molecule has 49 heavy (non-hydrogen) atoms. The van der Waals surface area contributed by atoms with Gasteiger partial charge in [0.05, 0.1) is 44.9 Å². The fraction of sp³-hybridized carbons (Fsp3) is 0.600. The molecular formula is C40H59BrN4O4. The molecule has 1 fully saturated rings. The van der Waals surface area contributed by atoms with Crippen LogP contribution in [0.25, 0.3) is 4.85 Å². The molecule has 9 heteroatoms. The summed E-state index contributed by atoms with van der Waals surface area (Å²) in [6.07, 6.45) is 10.2. The summed E-state index contributed by atoms with van der Waals surface area (Å²) in [4.78, 5) is 44.9. The van der Waals surface area contributed by atoms with Gasteiger partial charge in [0, 0.05) is 12.1 Å². The minimum absolute atomic E-state index is 0. The second-order valence-corrected chi connectivity index (χ2v) is 13.8. The lowest BCUT2D eigenvalue weighted by Gasteiger charge is -2.37. The van der Waals surface area contributed by atoms with Crippen LogP contribution < -0.4 is 22.3 Å². The maximum atomic E-state index is 13.5. The average molecular weight is 740 g/mol. The number of anilines is 1. The van der Waals surface area contributed by atoms with Gasteiger partial charge in [0.2, 0.25) is 5.91 Å². The summed E-state index contributed by atoms with van der Waals surface area (Å²) in [5.74, 6) is -0.0848. The lowest BCUT2D eigenvalue weighted by atomic mass is 9.93. The highest BCUT2D eigenvalue weighted by Gasteiger charge is 2.31. The summed E-state index contributed by atoms with van der Waals surface area (Å²) in [7, 11) is 1.39. The second kappa shape index (κ2) is 20.6. The number of nitrogens with zero attached hydrogens (tertiary/aromatic N) is 3. The van der Waals surface area contributed by atoms with Gasteiger partial charge in [-0.15, -0.1) is 0 Å². The van der Waals surface area contributed by atoms with Gasteiger partial charge in [-0.3, -0.25) is 14.5 Å². The van der Waals surface area contributed by atoms with Crippen LogP contribution in [0.1, 0.15) is 110 Å². The summed E-state index contributed by atoms with van der Waals surface area (Å²) in [6.45, 7) is 25.0. The number of aryl methyl sites for hydroxylation is 2. The van der Waals surface area contributed by atoms with Crippen LogP contribution in [0.3, 0.4) is 0 Å². The van der Waals surface area contributed by atoms with E-state index in [2.05, 4.69) is 28.9 Å². The number of nitrogens with one attached hydrogen (secondary N) is 1. The van der Waals surface area contributed by atoms with Crippen LogP contribution in [0.4, 0.5) is 11.4 Å². The van der Waals surface area contributed by atoms with Crippen molar-refractivity contribution < 1.29 is 40.6 Å². The van der Waals surface area contributed by atoms with Crippen LogP contribution in [0.5, 0.6) is 0 Å². The first-order chi connectivity index (χ1) is 23.0. The summed E-state index contributed by atoms with van der Waals surface area (Å²) in [5.41, 5.74) is 6.56. The van der Waals surface area contributed by atoms with Crippen molar-refractivity contribution in [2.75, 3.05) is 51.7 Å². The van der Waals surface area contributed by atoms with E-state index in [9.17, 15) is 14.4 Å². The number of unbranched alkanes of at least 4 members (excludes halogenated alkanes) is 5. The van der Waals surface area contributed by atoms with Crippen LogP contribution in [0.2, 0.25) is 0 Å². The zero-order chi connectivity index (χ0) is 35.3. The molecular weight excluding hydrogens is 680 g/mol. The quantitative estimate of drug-likeness (QED) is 0.0944. The number of ketones is 1. The van der Waals surface area contributed by atoms with Gasteiger partial charge in [-0.2, -0.15) is 0 Å². The van der Waals surface area contributed by atoms with Crippen LogP contribution in [0, 0.1) is 34.3 Å². The first-order valence-corrected chi connectivity index (χ1v) is 18.1. The number of Topliss-reactive ketones (excluding diaryl/α,β-unsaturated/α-hetero) is 1. The van der Waals surface area contributed by atoms with Gasteiger partial charge in [0.25, 0.3) is 0 Å². The van der Waals surface area contributed by atoms with Crippen LogP contribution in [-0.4, -0.2) is 79.5 Å². The van der Waals surface area contributed by atoms with E-state index in [0.717, 1.165) is 116 Å². The highest BCUT2D eigenvalue weighted by Crippen LogP contribution is 2.30. The first-order valence-electron chi connectivity index (χ1n) is 18.1. The Morgan fingerprint density at radius 3 is 2.27 bits per heavy atom. The van der Waals surface area contributed by atoms with E-state index in [1.165, 1.54) is 20.0 Å².